The number of halogens is 1. The van der Waals surface area contributed by atoms with Crippen LogP contribution in [0.25, 0.3) is 0 Å². The van der Waals surface area contributed by atoms with Crippen LogP contribution in [-0.4, -0.2) is 32.6 Å². The van der Waals surface area contributed by atoms with Crippen LogP contribution < -0.4 is 21.3 Å². The predicted molar refractivity (Wildman–Crippen MR) is 119 cm³/mol. The number of anilines is 1. The molecular weight excluding hydrogens is 372 g/mol. The molecule has 28 heavy (non-hydrogen) atoms. The molecular formula is C22H31ClN4O. The van der Waals surface area contributed by atoms with Crippen LogP contribution in [0, 0.1) is 6.92 Å². The van der Waals surface area contributed by atoms with Crippen molar-refractivity contribution < 1.29 is 4.79 Å². The molecule has 0 fully saturated rings. The van der Waals surface area contributed by atoms with E-state index in [-0.39, 0.29) is 5.91 Å². The third-order valence-electron chi connectivity index (χ3n) is 4.87. The minimum atomic E-state index is -0.134. The normalized spacial score (nSPS) is 15.4. The zero-order valence-corrected chi connectivity index (χ0v) is 18.2. The molecule has 0 saturated carbocycles. The molecule has 0 aromatic heterocycles. The number of hydrogen-bond acceptors (Lipinski definition) is 4. The lowest BCUT2D eigenvalue weighted by molar-refractivity contribution is 0.0956. The monoisotopic (exact) mass is 402 g/mol. The molecule has 0 bridgehead atoms. The Bertz CT molecular complexity index is 839. The van der Waals surface area contributed by atoms with Crippen molar-refractivity contribution in [2.45, 2.75) is 34.1 Å². The standard InChI is InChI=1S/C22H31ClN4O/c1-6-7-20-19(14(2)10-15(3)26-20)13-25-22(28)18-11-17(23)12-21(16(18)4)27(5)9-8-24/h7,10-12,26H,6,8-9,13,24H2,1-5H3,(H,25,28)/b20-7-. The Balaban J connectivity index is 2.26. The van der Waals surface area contributed by atoms with Crippen LogP contribution in [0.1, 0.15) is 43.1 Å². The summed E-state index contributed by atoms with van der Waals surface area (Å²) in [7, 11) is 1.95. The van der Waals surface area contributed by atoms with Crippen molar-refractivity contribution in [2.24, 2.45) is 5.73 Å². The van der Waals surface area contributed by atoms with E-state index in [1.807, 2.05) is 31.9 Å². The SMILES string of the molecule is CC/C=C1\NC(C)=CC(C)=C1CNC(=O)c1cc(Cl)cc(N(C)CCN)c1C. The van der Waals surface area contributed by atoms with Gasteiger partial charge in [0.05, 0.1) is 0 Å². The maximum absolute atomic E-state index is 12.9. The van der Waals surface area contributed by atoms with Crippen molar-refractivity contribution in [1.29, 1.82) is 0 Å². The van der Waals surface area contributed by atoms with Gasteiger partial charge < -0.3 is 21.3 Å². The van der Waals surface area contributed by atoms with Gasteiger partial charge in [-0.1, -0.05) is 24.6 Å². The lowest BCUT2D eigenvalue weighted by Crippen LogP contribution is -2.31. The van der Waals surface area contributed by atoms with Crippen molar-refractivity contribution in [3.8, 4) is 0 Å². The molecule has 0 spiro atoms. The molecule has 1 heterocycles. The number of allylic oxidation sites excluding steroid dienone is 4. The Morgan fingerprint density at radius 3 is 2.68 bits per heavy atom. The van der Waals surface area contributed by atoms with Crippen LogP contribution in [0.4, 0.5) is 5.69 Å². The Hall–Kier alpha value is -2.24. The van der Waals surface area contributed by atoms with Crippen molar-refractivity contribution >= 4 is 23.2 Å². The fourth-order valence-electron chi connectivity index (χ4n) is 3.44. The molecule has 0 atom stereocenters. The summed E-state index contributed by atoms with van der Waals surface area (Å²) in [6, 6.07) is 3.59. The minimum Gasteiger partial charge on any atom is -0.373 e. The molecule has 1 aliphatic rings. The lowest BCUT2D eigenvalue weighted by Gasteiger charge is -2.24. The topological polar surface area (TPSA) is 70.4 Å². The summed E-state index contributed by atoms with van der Waals surface area (Å²) in [4.78, 5) is 15.0. The Morgan fingerprint density at radius 1 is 1.32 bits per heavy atom. The second-order valence-electron chi connectivity index (χ2n) is 7.13. The first kappa shape index (κ1) is 22.1. The Morgan fingerprint density at radius 2 is 2.04 bits per heavy atom. The first-order valence-corrected chi connectivity index (χ1v) is 10.0. The van der Waals surface area contributed by atoms with E-state index in [1.165, 1.54) is 0 Å². The molecule has 1 aromatic rings. The fraction of sp³-hybridized carbons (Fsp3) is 0.409. The van der Waals surface area contributed by atoms with E-state index >= 15 is 0 Å². The van der Waals surface area contributed by atoms with Gasteiger partial charge in [0.15, 0.2) is 0 Å². The average molecular weight is 403 g/mol. The number of carbonyl (C=O) groups excluding carboxylic acids is 1. The lowest BCUT2D eigenvalue weighted by atomic mass is 10.00. The fourth-order valence-corrected chi connectivity index (χ4v) is 3.65. The summed E-state index contributed by atoms with van der Waals surface area (Å²) in [6.45, 7) is 9.82. The highest BCUT2D eigenvalue weighted by molar-refractivity contribution is 6.31. The summed E-state index contributed by atoms with van der Waals surface area (Å²) < 4.78 is 0. The van der Waals surface area contributed by atoms with Gasteiger partial charge in [-0.05, 0) is 62.1 Å². The van der Waals surface area contributed by atoms with E-state index in [2.05, 4.69) is 36.6 Å². The number of amides is 1. The molecule has 2 rings (SSSR count). The van der Waals surface area contributed by atoms with Gasteiger partial charge in [-0.3, -0.25) is 4.79 Å². The van der Waals surface area contributed by atoms with E-state index in [4.69, 9.17) is 17.3 Å². The highest BCUT2D eigenvalue weighted by Gasteiger charge is 2.18. The van der Waals surface area contributed by atoms with Crippen molar-refractivity contribution in [1.82, 2.24) is 10.6 Å². The zero-order valence-electron chi connectivity index (χ0n) is 17.4. The molecule has 1 aromatic carbocycles. The predicted octanol–water partition coefficient (Wildman–Crippen LogP) is 3.89. The van der Waals surface area contributed by atoms with Crippen LogP contribution in [0.5, 0.6) is 0 Å². The molecule has 5 nitrogen and oxygen atoms in total. The number of hydrogen-bond donors (Lipinski definition) is 3. The van der Waals surface area contributed by atoms with Crippen LogP contribution in [0.15, 0.2) is 46.8 Å². The van der Waals surface area contributed by atoms with Gasteiger partial charge in [-0.15, -0.1) is 0 Å². The van der Waals surface area contributed by atoms with E-state index in [1.54, 1.807) is 6.07 Å². The third-order valence-corrected chi connectivity index (χ3v) is 5.08. The van der Waals surface area contributed by atoms with E-state index in [9.17, 15) is 4.79 Å². The Labute approximate surface area is 173 Å². The van der Waals surface area contributed by atoms with Crippen molar-refractivity contribution in [2.75, 3.05) is 31.6 Å². The van der Waals surface area contributed by atoms with E-state index in [0.717, 1.165) is 40.2 Å². The maximum Gasteiger partial charge on any atom is 0.251 e. The van der Waals surface area contributed by atoms with Crippen LogP contribution >= 0.6 is 11.6 Å². The molecule has 152 valence electrons. The number of benzene rings is 1. The molecule has 1 aliphatic heterocycles. The number of nitrogens with zero attached hydrogens (tertiary/aromatic N) is 1. The first-order valence-electron chi connectivity index (χ1n) is 9.63. The second-order valence-corrected chi connectivity index (χ2v) is 7.57. The third kappa shape index (κ3) is 5.18. The van der Waals surface area contributed by atoms with Crippen molar-refractivity contribution in [3.63, 3.8) is 0 Å². The van der Waals surface area contributed by atoms with Gasteiger partial charge in [0, 0.05) is 54.3 Å². The van der Waals surface area contributed by atoms with Gasteiger partial charge >= 0.3 is 0 Å². The number of nitrogens with one attached hydrogen (secondary N) is 2. The summed E-state index contributed by atoms with van der Waals surface area (Å²) in [5.74, 6) is -0.134. The number of carbonyl (C=O) groups is 1. The molecule has 0 radical (unpaired) electrons. The molecule has 1 amide bonds. The van der Waals surface area contributed by atoms with Gasteiger partial charge in [0.2, 0.25) is 0 Å². The van der Waals surface area contributed by atoms with Gasteiger partial charge in [-0.2, -0.15) is 0 Å². The molecule has 4 N–H and O–H groups in total. The number of dihydropyridines is 1. The van der Waals surface area contributed by atoms with Gasteiger partial charge in [0.1, 0.15) is 0 Å². The molecule has 0 aliphatic carbocycles. The quantitative estimate of drug-likeness (QED) is 0.647. The van der Waals surface area contributed by atoms with Crippen LogP contribution in [0.2, 0.25) is 5.02 Å². The molecule has 0 saturated heterocycles. The molecule has 6 heteroatoms. The zero-order chi connectivity index (χ0) is 20.8. The summed E-state index contributed by atoms with van der Waals surface area (Å²) in [5, 5.41) is 6.99. The van der Waals surface area contributed by atoms with Crippen LogP contribution in [-0.2, 0) is 0 Å². The molecule has 0 unspecified atom stereocenters. The summed E-state index contributed by atoms with van der Waals surface area (Å²) in [5.41, 5.74) is 12.5. The Kier molecular flexibility index (Phi) is 7.72. The van der Waals surface area contributed by atoms with Gasteiger partial charge in [-0.25, -0.2) is 0 Å². The minimum absolute atomic E-state index is 0.134. The highest BCUT2D eigenvalue weighted by Crippen LogP contribution is 2.28. The number of rotatable bonds is 7. The average Bonchev–Trinajstić information content (AvgIpc) is 2.62. The van der Waals surface area contributed by atoms with Crippen molar-refractivity contribution in [3.05, 3.63) is 63.0 Å². The second kappa shape index (κ2) is 9.80. The summed E-state index contributed by atoms with van der Waals surface area (Å²) in [6.07, 6.45) is 5.16. The summed E-state index contributed by atoms with van der Waals surface area (Å²) >= 11 is 6.29. The van der Waals surface area contributed by atoms with E-state index in [0.29, 0.717) is 30.2 Å². The maximum atomic E-state index is 12.9. The van der Waals surface area contributed by atoms with E-state index < -0.39 is 0 Å². The smallest absolute Gasteiger partial charge is 0.251 e. The van der Waals surface area contributed by atoms with Crippen LogP contribution in [0.3, 0.4) is 0 Å². The largest absolute Gasteiger partial charge is 0.373 e. The first-order chi connectivity index (χ1) is 13.3. The highest BCUT2D eigenvalue weighted by atomic mass is 35.5. The number of nitrogens with two attached hydrogens (primary N) is 1. The van der Waals surface area contributed by atoms with Gasteiger partial charge in [0.25, 0.3) is 5.91 Å². The number of likely N-dealkylation sites (N-methyl/N-ethyl adjacent to an activating group) is 1.